The van der Waals surface area contributed by atoms with Crippen LogP contribution >= 0.6 is 0 Å². The molecule has 2 aliphatic rings. The quantitative estimate of drug-likeness (QED) is 0.486. The first-order valence-electron chi connectivity index (χ1n) is 12.0. The predicted molar refractivity (Wildman–Crippen MR) is 130 cm³/mol. The number of ether oxygens (including phenoxy) is 1. The van der Waals surface area contributed by atoms with E-state index in [0.29, 0.717) is 18.5 Å². The van der Waals surface area contributed by atoms with Gasteiger partial charge < -0.3 is 14.5 Å². The van der Waals surface area contributed by atoms with Gasteiger partial charge in [-0.3, -0.25) is 0 Å². The van der Waals surface area contributed by atoms with Crippen molar-refractivity contribution in [3.63, 3.8) is 0 Å². The molecule has 0 radical (unpaired) electrons. The second-order valence-electron chi connectivity index (χ2n) is 9.00. The summed E-state index contributed by atoms with van der Waals surface area (Å²) in [4.78, 5) is 18.7. The first-order chi connectivity index (χ1) is 15.7. The van der Waals surface area contributed by atoms with E-state index in [1.54, 1.807) is 6.21 Å². The van der Waals surface area contributed by atoms with Gasteiger partial charge in [-0.1, -0.05) is 13.8 Å². The third-order valence-electron chi connectivity index (χ3n) is 5.73. The highest BCUT2D eigenvalue weighted by molar-refractivity contribution is 5.80. The molecule has 0 amide bonds. The van der Waals surface area contributed by atoms with Crippen LogP contribution in [0.3, 0.4) is 0 Å². The molecule has 2 fully saturated rings. The van der Waals surface area contributed by atoms with Gasteiger partial charge >= 0.3 is 0 Å². The lowest BCUT2D eigenvalue weighted by atomic mass is 10.1. The molecule has 0 unspecified atom stereocenters. The maximum absolute atomic E-state index is 5.74. The van der Waals surface area contributed by atoms with Crippen LogP contribution in [0.2, 0.25) is 0 Å². The fraction of sp³-hybridized carbons (Fsp3) is 0.583. The number of anilines is 3. The lowest BCUT2D eigenvalue weighted by molar-refractivity contribution is 0.271. The second kappa shape index (κ2) is 11.1. The molecule has 1 N–H and O–H groups in total. The number of benzene rings is 1. The van der Waals surface area contributed by atoms with Crippen molar-refractivity contribution in [3.8, 4) is 5.75 Å². The molecule has 0 bridgehead atoms. The van der Waals surface area contributed by atoms with Crippen molar-refractivity contribution in [3.05, 3.63) is 29.8 Å². The monoisotopic (exact) mass is 437 g/mol. The maximum atomic E-state index is 5.74. The number of aromatic nitrogens is 3. The molecule has 0 aliphatic carbocycles. The number of piperidine rings is 2. The summed E-state index contributed by atoms with van der Waals surface area (Å²) in [6, 6.07) is 7.92. The van der Waals surface area contributed by atoms with Crippen molar-refractivity contribution >= 4 is 24.1 Å². The molecule has 1 aromatic heterocycles. The Morgan fingerprint density at radius 3 is 1.97 bits per heavy atom. The van der Waals surface area contributed by atoms with Gasteiger partial charge in [0.1, 0.15) is 5.75 Å². The molecule has 0 spiro atoms. The van der Waals surface area contributed by atoms with E-state index in [4.69, 9.17) is 9.72 Å². The van der Waals surface area contributed by atoms with Gasteiger partial charge in [0.15, 0.2) is 0 Å². The van der Waals surface area contributed by atoms with Crippen LogP contribution in [0.15, 0.2) is 29.4 Å². The number of hydrogen-bond acceptors (Lipinski definition) is 8. The Hall–Kier alpha value is -2.90. The zero-order valence-corrected chi connectivity index (χ0v) is 19.3. The summed E-state index contributed by atoms with van der Waals surface area (Å²) in [7, 11) is 0. The van der Waals surface area contributed by atoms with E-state index in [1.807, 2.05) is 24.3 Å². The van der Waals surface area contributed by atoms with E-state index in [0.717, 1.165) is 49.4 Å². The lowest BCUT2D eigenvalue weighted by Crippen LogP contribution is -2.34. The van der Waals surface area contributed by atoms with Gasteiger partial charge in [0, 0.05) is 26.2 Å². The van der Waals surface area contributed by atoms with Crippen LogP contribution < -0.4 is 20.0 Å². The summed E-state index contributed by atoms with van der Waals surface area (Å²) >= 11 is 0. The normalized spacial score (nSPS) is 17.2. The summed E-state index contributed by atoms with van der Waals surface area (Å²) in [6.07, 6.45) is 9.06. The molecule has 32 heavy (non-hydrogen) atoms. The first-order valence-corrected chi connectivity index (χ1v) is 12.0. The minimum atomic E-state index is 0.495. The van der Waals surface area contributed by atoms with Crippen molar-refractivity contribution in [2.75, 3.05) is 48.0 Å². The van der Waals surface area contributed by atoms with Crippen LogP contribution in [0, 0.1) is 5.92 Å². The third-order valence-corrected chi connectivity index (χ3v) is 5.73. The molecule has 8 heteroatoms. The van der Waals surface area contributed by atoms with Crippen molar-refractivity contribution in [1.82, 2.24) is 15.0 Å². The molecule has 4 rings (SSSR count). The minimum absolute atomic E-state index is 0.495. The number of rotatable bonds is 8. The van der Waals surface area contributed by atoms with Crippen LogP contribution in [-0.2, 0) is 0 Å². The summed E-state index contributed by atoms with van der Waals surface area (Å²) in [5.74, 6) is 3.38. The highest BCUT2D eigenvalue weighted by Gasteiger charge is 2.20. The third kappa shape index (κ3) is 6.31. The van der Waals surface area contributed by atoms with E-state index < -0.39 is 0 Å². The van der Waals surface area contributed by atoms with E-state index in [9.17, 15) is 0 Å². The average molecular weight is 438 g/mol. The van der Waals surface area contributed by atoms with E-state index in [2.05, 4.69) is 44.1 Å². The minimum Gasteiger partial charge on any atom is -0.493 e. The van der Waals surface area contributed by atoms with Gasteiger partial charge in [-0.15, -0.1) is 0 Å². The van der Waals surface area contributed by atoms with Crippen molar-refractivity contribution in [2.45, 2.75) is 52.4 Å². The molecule has 1 aromatic carbocycles. The summed E-state index contributed by atoms with van der Waals surface area (Å²) in [6.45, 7) is 8.99. The Bertz CT molecular complexity index is 836. The Labute approximate surface area is 191 Å². The Balaban J connectivity index is 1.45. The average Bonchev–Trinajstić information content (AvgIpc) is 2.84. The Morgan fingerprint density at radius 2 is 1.44 bits per heavy atom. The lowest BCUT2D eigenvalue weighted by Gasteiger charge is -2.30. The smallest absolute Gasteiger partial charge is 0.250 e. The molecule has 8 nitrogen and oxygen atoms in total. The molecule has 172 valence electrons. The Morgan fingerprint density at radius 1 is 0.875 bits per heavy atom. The van der Waals surface area contributed by atoms with E-state index >= 15 is 0 Å². The molecular formula is C24H35N7O. The van der Waals surface area contributed by atoms with Crippen molar-refractivity contribution in [1.29, 1.82) is 0 Å². The van der Waals surface area contributed by atoms with Gasteiger partial charge in [-0.25, -0.2) is 5.43 Å². The summed E-state index contributed by atoms with van der Waals surface area (Å²) in [5, 5.41) is 4.38. The number of hydrogen-bond donors (Lipinski definition) is 1. The van der Waals surface area contributed by atoms with E-state index in [1.165, 1.54) is 38.5 Å². The number of nitrogens with one attached hydrogen (secondary N) is 1. The molecule has 2 aromatic rings. The fourth-order valence-electron chi connectivity index (χ4n) is 3.95. The maximum Gasteiger partial charge on any atom is 0.250 e. The van der Waals surface area contributed by atoms with Crippen LogP contribution in [0.4, 0.5) is 17.8 Å². The van der Waals surface area contributed by atoms with Crippen LogP contribution in [-0.4, -0.2) is 54.0 Å². The van der Waals surface area contributed by atoms with Crippen molar-refractivity contribution < 1.29 is 4.74 Å². The van der Waals surface area contributed by atoms with Gasteiger partial charge in [0.05, 0.1) is 12.8 Å². The fourth-order valence-corrected chi connectivity index (χ4v) is 3.95. The highest BCUT2D eigenvalue weighted by Crippen LogP contribution is 2.22. The van der Waals surface area contributed by atoms with Crippen LogP contribution in [0.5, 0.6) is 5.75 Å². The molecule has 2 saturated heterocycles. The number of nitrogens with zero attached hydrogens (tertiary/aromatic N) is 6. The Kier molecular flexibility index (Phi) is 7.74. The highest BCUT2D eigenvalue weighted by atomic mass is 16.5. The number of hydrazone groups is 1. The van der Waals surface area contributed by atoms with Crippen LogP contribution in [0.25, 0.3) is 0 Å². The van der Waals surface area contributed by atoms with Gasteiger partial charge in [0.25, 0.3) is 0 Å². The van der Waals surface area contributed by atoms with Crippen LogP contribution in [0.1, 0.15) is 57.9 Å². The predicted octanol–water partition coefficient (Wildman–Crippen LogP) is 4.33. The zero-order valence-electron chi connectivity index (χ0n) is 19.3. The van der Waals surface area contributed by atoms with Gasteiger partial charge in [-0.05, 0) is 74.3 Å². The second-order valence-corrected chi connectivity index (χ2v) is 9.00. The van der Waals surface area contributed by atoms with Gasteiger partial charge in [0.2, 0.25) is 17.8 Å². The van der Waals surface area contributed by atoms with E-state index in [-0.39, 0.29) is 0 Å². The van der Waals surface area contributed by atoms with Crippen molar-refractivity contribution in [2.24, 2.45) is 11.0 Å². The largest absolute Gasteiger partial charge is 0.493 e. The summed E-state index contributed by atoms with van der Waals surface area (Å²) < 4.78 is 5.74. The molecule has 0 atom stereocenters. The molecule has 0 saturated carbocycles. The standard InChI is InChI=1S/C24H35N7O/c1-19(2)18-32-21-11-9-20(10-12-21)17-25-29-22-26-23(30-13-5-3-6-14-30)28-24(27-22)31-15-7-4-8-16-31/h9-12,17,19H,3-8,13-16,18H2,1-2H3,(H,26,27,28,29)/b25-17-. The first kappa shape index (κ1) is 22.3. The summed E-state index contributed by atoms with van der Waals surface area (Å²) in [5.41, 5.74) is 4.01. The molecule has 3 heterocycles. The molecular weight excluding hydrogens is 402 g/mol. The SMILES string of the molecule is CC(C)COc1ccc(/C=N\Nc2nc(N3CCCCC3)nc(N3CCCCC3)n2)cc1. The zero-order chi connectivity index (χ0) is 22.2. The topological polar surface area (TPSA) is 78.8 Å². The molecule has 2 aliphatic heterocycles. The van der Waals surface area contributed by atoms with Gasteiger partial charge in [-0.2, -0.15) is 20.1 Å².